The highest BCUT2D eigenvalue weighted by atomic mass is 127. The Labute approximate surface area is 117 Å². The highest BCUT2D eigenvalue weighted by Gasteiger charge is 2.38. The van der Waals surface area contributed by atoms with Crippen molar-refractivity contribution in [2.45, 2.75) is 64.5 Å². The van der Waals surface area contributed by atoms with E-state index in [1.165, 1.54) is 0 Å². The largest absolute Gasteiger partial charge is 0.342 e. The van der Waals surface area contributed by atoms with Crippen LogP contribution in [0.25, 0.3) is 0 Å². The minimum absolute atomic E-state index is 0.00792. The standard InChI is InChI=1S/C12H21IN2O2/c1-3-5-7-9-12(17)15(13)10(8-6-4-2)11(16)14-9/h9-10H,3-8H2,1-2H3,(H,14,16). The molecule has 0 spiro atoms. The van der Waals surface area contributed by atoms with Crippen LogP contribution in [0.1, 0.15) is 52.4 Å². The van der Waals surface area contributed by atoms with Gasteiger partial charge in [-0.3, -0.25) is 12.7 Å². The molecule has 0 bridgehead atoms. The lowest BCUT2D eigenvalue weighted by atomic mass is 10.0. The Bertz CT molecular complexity index is 284. The predicted molar refractivity (Wildman–Crippen MR) is 75.6 cm³/mol. The Morgan fingerprint density at radius 3 is 2.35 bits per heavy atom. The van der Waals surface area contributed by atoms with E-state index in [0.717, 1.165) is 38.5 Å². The second-order valence-corrected chi connectivity index (χ2v) is 5.55. The zero-order valence-corrected chi connectivity index (χ0v) is 12.7. The Morgan fingerprint density at radius 1 is 1.18 bits per heavy atom. The molecule has 98 valence electrons. The van der Waals surface area contributed by atoms with Crippen molar-refractivity contribution in [1.29, 1.82) is 0 Å². The van der Waals surface area contributed by atoms with Gasteiger partial charge in [0.15, 0.2) is 0 Å². The summed E-state index contributed by atoms with van der Waals surface area (Å²) in [5.41, 5.74) is 0. The van der Waals surface area contributed by atoms with E-state index < -0.39 is 0 Å². The molecule has 1 aliphatic rings. The summed E-state index contributed by atoms with van der Waals surface area (Å²) in [6, 6.07) is -0.585. The first-order valence-corrected chi connectivity index (χ1v) is 7.37. The zero-order chi connectivity index (χ0) is 12.8. The van der Waals surface area contributed by atoms with Crippen molar-refractivity contribution >= 4 is 34.7 Å². The van der Waals surface area contributed by atoms with Crippen LogP contribution in [0.15, 0.2) is 0 Å². The molecule has 2 unspecified atom stereocenters. The molecule has 4 nitrogen and oxygen atoms in total. The van der Waals surface area contributed by atoms with E-state index in [1.807, 2.05) is 22.9 Å². The highest BCUT2D eigenvalue weighted by Crippen LogP contribution is 2.21. The average Bonchev–Trinajstić information content (AvgIpc) is 2.32. The van der Waals surface area contributed by atoms with Crippen LogP contribution >= 0.6 is 22.9 Å². The molecule has 1 heterocycles. The number of unbranched alkanes of at least 4 members (excludes halogenated alkanes) is 2. The van der Waals surface area contributed by atoms with Gasteiger partial charge >= 0.3 is 0 Å². The van der Waals surface area contributed by atoms with Gasteiger partial charge < -0.3 is 5.32 Å². The van der Waals surface area contributed by atoms with Crippen LogP contribution in [-0.2, 0) is 9.59 Å². The van der Waals surface area contributed by atoms with E-state index in [-0.39, 0.29) is 23.9 Å². The van der Waals surface area contributed by atoms with Gasteiger partial charge in [0, 0.05) is 0 Å². The van der Waals surface area contributed by atoms with Gasteiger partial charge in [-0.15, -0.1) is 0 Å². The van der Waals surface area contributed by atoms with Crippen molar-refractivity contribution in [2.75, 3.05) is 0 Å². The predicted octanol–water partition coefficient (Wildman–Crippen LogP) is 2.41. The van der Waals surface area contributed by atoms with Crippen molar-refractivity contribution < 1.29 is 9.59 Å². The lowest BCUT2D eigenvalue weighted by Gasteiger charge is -2.35. The number of hydrogen-bond donors (Lipinski definition) is 1. The van der Waals surface area contributed by atoms with Crippen LogP contribution < -0.4 is 5.32 Å². The molecule has 0 aromatic heterocycles. The minimum Gasteiger partial charge on any atom is -0.342 e. The third-order valence-corrected chi connectivity index (χ3v) is 4.23. The number of carbonyl (C=O) groups excluding carboxylic acids is 2. The topological polar surface area (TPSA) is 49.4 Å². The Morgan fingerprint density at radius 2 is 1.76 bits per heavy atom. The summed E-state index contributed by atoms with van der Waals surface area (Å²) in [5.74, 6) is 0.0632. The second kappa shape index (κ2) is 7.18. The van der Waals surface area contributed by atoms with Crippen LogP contribution in [0.4, 0.5) is 0 Å². The fourth-order valence-electron chi connectivity index (χ4n) is 1.98. The maximum atomic E-state index is 12.1. The molecule has 0 radical (unpaired) electrons. The highest BCUT2D eigenvalue weighted by molar-refractivity contribution is 14.1. The molecular weight excluding hydrogens is 331 g/mol. The molecule has 1 saturated heterocycles. The molecule has 1 rings (SSSR count). The van der Waals surface area contributed by atoms with Crippen molar-refractivity contribution in [1.82, 2.24) is 8.43 Å². The number of halogens is 1. The van der Waals surface area contributed by atoms with Gasteiger partial charge in [0.05, 0.1) is 22.9 Å². The molecular formula is C12H21IN2O2. The van der Waals surface area contributed by atoms with Gasteiger partial charge in [0.2, 0.25) is 5.91 Å². The Kier molecular flexibility index (Phi) is 6.22. The van der Waals surface area contributed by atoms with E-state index in [0.29, 0.717) is 0 Å². The lowest BCUT2D eigenvalue weighted by molar-refractivity contribution is -0.142. The van der Waals surface area contributed by atoms with Gasteiger partial charge in [-0.1, -0.05) is 39.5 Å². The van der Waals surface area contributed by atoms with Gasteiger partial charge in [0.25, 0.3) is 5.91 Å². The lowest BCUT2D eigenvalue weighted by Crippen LogP contribution is -2.59. The van der Waals surface area contributed by atoms with Crippen LogP contribution in [0.3, 0.4) is 0 Å². The monoisotopic (exact) mass is 352 g/mol. The first-order valence-electron chi connectivity index (χ1n) is 6.41. The summed E-state index contributed by atoms with van der Waals surface area (Å²) < 4.78 is 1.60. The van der Waals surface area contributed by atoms with E-state index in [2.05, 4.69) is 19.2 Å². The molecule has 1 fully saturated rings. The second-order valence-electron chi connectivity index (χ2n) is 4.51. The molecule has 1 aliphatic heterocycles. The summed E-state index contributed by atoms with van der Waals surface area (Å²) in [6.07, 6.45) is 5.55. The molecule has 0 aromatic carbocycles. The van der Waals surface area contributed by atoms with Crippen molar-refractivity contribution in [2.24, 2.45) is 0 Å². The first-order chi connectivity index (χ1) is 8.11. The van der Waals surface area contributed by atoms with Gasteiger partial charge in [-0.25, -0.2) is 0 Å². The van der Waals surface area contributed by atoms with Gasteiger partial charge in [-0.05, 0) is 12.8 Å². The quantitative estimate of drug-likeness (QED) is 0.590. The van der Waals surface area contributed by atoms with E-state index >= 15 is 0 Å². The smallest absolute Gasteiger partial charge is 0.254 e. The third-order valence-electron chi connectivity index (χ3n) is 3.08. The normalized spacial score (nSPS) is 25.0. The zero-order valence-electron chi connectivity index (χ0n) is 10.5. The minimum atomic E-state index is -0.308. The fourth-order valence-corrected chi connectivity index (χ4v) is 2.85. The molecule has 2 amide bonds. The first kappa shape index (κ1) is 14.7. The molecule has 0 aromatic rings. The van der Waals surface area contributed by atoms with Crippen LogP contribution in [0, 0.1) is 0 Å². The molecule has 1 N–H and O–H groups in total. The summed E-state index contributed by atoms with van der Waals surface area (Å²) in [5, 5.41) is 2.86. The SMILES string of the molecule is CCCCC1NC(=O)C(CCCC)N(I)C1=O. The summed E-state index contributed by atoms with van der Waals surface area (Å²) in [6.45, 7) is 4.17. The number of piperazine rings is 1. The number of amides is 2. The maximum Gasteiger partial charge on any atom is 0.254 e. The van der Waals surface area contributed by atoms with E-state index in [4.69, 9.17) is 0 Å². The van der Waals surface area contributed by atoms with Gasteiger partial charge in [-0.2, -0.15) is 0 Å². The third kappa shape index (κ3) is 3.82. The number of nitrogens with one attached hydrogen (secondary N) is 1. The number of nitrogens with zero attached hydrogens (tertiary/aromatic N) is 1. The Balaban J connectivity index is 2.60. The molecule has 0 aliphatic carbocycles. The number of carbonyl (C=O) groups is 2. The van der Waals surface area contributed by atoms with Gasteiger partial charge in [0.1, 0.15) is 12.1 Å². The molecule has 0 saturated carbocycles. The van der Waals surface area contributed by atoms with Crippen LogP contribution in [-0.4, -0.2) is 27.0 Å². The van der Waals surface area contributed by atoms with E-state index in [1.54, 1.807) is 3.11 Å². The molecule has 2 atom stereocenters. The number of rotatable bonds is 6. The maximum absolute atomic E-state index is 12.1. The average molecular weight is 352 g/mol. The van der Waals surface area contributed by atoms with Crippen molar-refractivity contribution in [3.63, 3.8) is 0 Å². The Hall–Kier alpha value is -0.330. The van der Waals surface area contributed by atoms with E-state index in [9.17, 15) is 9.59 Å². The molecule has 5 heteroatoms. The summed E-state index contributed by atoms with van der Waals surface area (Å²) >= 11 is 1.99. The van der Waals surface area contributed by atoms with Crippen LogP contribution in [0.5, 0.6) is 0 Å². The van der Waals surface area contributed by atoms with Crippen LogP contribution in [0.2, 0.25) is 0 Å². The molecule has 17 heavy (non-hydrogen) atoms. The summed E-state index contributed by atoms with van der Waals surface area (Å²) in [4.78, 5) is 24.0. The number of hydrogen-bond acceptors (Lipinski definition) is 2. The summed E-state index contributed by atoms with van der Waals surface area (Å²) in [7, 11) is 0. The van der Waals surface area contributed by atoms with Crippen molar-refractivity contribution in [3.8, 4) is 0 Å². The van der Waals surface area contributed by atoms with Crippen molar-refractivity contribution in [3.05, 3.63) is 0 Å². The fraction of sp³-hybridized carbons (Fsp3) is 0.833.